The number of anilines is 1. The van der Waals surface area contributed by atoms with Crippen LogP contribution in [0.2, 0.25) is 0 Å². The molecule has 0 unspecified atom stereocenters. The Morgan fingerprint density at radius 1 is 1.00 bits per heavy atom. The van der Waals surface area contributed by atoms with Gasteiger partial charge in [0, 0.05) is 29.1 Å². The summed E-state index contributed by atoms with van der Waals surface area (Å²) in [6.07, 6.45) is 6.05. The van der Waals surface area contributed by atoms with Crippen molar-refractivity contribution in [3.63, 3.8) is 0 Å². The van der Waals surface area contributed by atoms with Crippen LogP contribution in [-0.4, -0.2) is 20.9 Å². The van der Waals surface area contributed by atoms with Gasteiger partial charge >= 0.3 is 0 Å². The van der Waals surface area contributed by atoms with Gasteiger partial charge < -0.3 is 5.32 Å². The van der Waals surface area contributed by atoms with Gasteiger partial charge in [-0.3, -0.25) is 10.1 Å². The highest BCUT2D eigenvalue weighted by Gasteiger charge is 2.17. The Hall–Kier alpha value is -3.02. The summed E-state index contributed by atoms with van der Waals surface area (Å²) in [5.74, 6) is 1.31. The molecule has 1 heterocycles. The zero-order valence-corrected chi connectivity index (χ0v) is 14.4. The van der Waals surface area contributed by atoms with Gasteiger partial charge in [0.1, 0.15) is 5.82 Å². The quantitative estimate of drug-likeness (QED) is 0.533. The van der Waals surface area contributed by atoms with E-state index >= 15 is 0 Å². The maximum atomic E-state index is 11.1. The second kappa shape index (κ2) is 7.07. The standard InChI is InChI=1S/C20H20N4O2/c25-24(26)16-10-6-7-14(13-16)19-22-18-12-5-4-11-17(18)20(23-19)21-15-8-2-1-3-9-15/h4-7,10-13,15H,1-3,8-9H2,(H,21,22,23). The molecule has 1 aliphatic carbocycles. The Morgan fingerprint density at radius 3 is 2.62 bits per heavy atom. The smallest absolute Gasteiger partial charge is 0.270 e. The minimum absolute atomic E-state index is 0.0426. The molecular weight excluding hydrogens is 328 g/mol. The summed E-state index contributed by atoms with van der Waals surface area (Å²) in [5, 5.41) is 15.6. The molecule has 0 atom stereocenters. The molecule has 0 aliphatic heterocycles. The third-order valence-electron chi connectivity index (χ3n) is 4.86. The first-order valence-electron chi connectivity index (χ1n) is 8.99. The van der Waals surface area contributed by atoms with Crippen molar-refractivity contribution in [3.05, 3.63) is 58.6 Å². The van der Waals surface area contributed by atoms with E-state index in [2.05, 4.69) is 10.3 Å². The number of rotatable bonds is 4. The summed E-state index contributed by atoms with van der Waals surface area (Å²) in [6.45, 7) is 0. The Kier molecular flexibility index (Phi) is 4.48. The summed E-state index contributed by atoms with van der Waals surface area (Å²) >= 11 is 0. The molecule has 0 spiro atoms. The molecule has 6 heteroatoms. The number of nitro groups is 1. The van der Waals surface area contributed by atoms with E-state index in [4.69, 9.17) is 4.98 Å². The molecule has 0 bridgehead atoms. The minimum atomic E-state index is -0.397. The molecule has 1 N–H and O–H groups in total. The average Bonchev–Trinajstić information content (AvgIpc) is 2.69. The maximum Gasteiger partial charge on any atom is 0.270 e. The van der Waals surface area contributed by atoms with Gasteiger partial charge in [0.15, 0.2) is 5.82 Å². The molecule has 2 aromatic carbocycles. The van der Waals surface area contributed by atoms with Gasteiger partial charge in [-0.15, -0.1) is 0 Å². The van der Waals surface area contributed by atoms with Crippen LogP contribution in [-0.2, 0) is 0 Å². The normalized spacial score (nSPS) is 15.1. The second-order valence-electron chi connectivity index (χ2n) is 6.70. The number of para-hydroxylation sites is 1. The van der Waals surface area contributed by atoms with E-state index in [1.807, 2.05) is 30.3 Å². The van der Waals surface area contributed by atoms with E-state index in [9.17, 15) is 10.1 Å². The Morgan fingerprint density at radius 2 is 1.81 bits per heavy atom. The van der Waals surface area contributed by atoms with E-state index in [1.54, 1.807) is 6.07 Å². The first-order valence-corrected chi connectivity index (χ1v) is 8.99. The molecular formula is C20H20N4O2. The van der Waals surface area contributed by atoms with Crippen LogP contribution in [0.15, 0.2) is 48.5 Å². The zero-order valence-electron chi connectivity index (χ0n) is 14.4. The lowest BCUT2D eigenvalue weighted by Crippen LogP contribution is -2.23. The van der Waals surface area contributed by atoms with Gasteiger partial charge in [0.25, 0.3) is 5.69 Å². The maximum absolute atomic E-state index is 11.1. The molecule has 1 aromatic heterocycles. The molecule has 0 amide bonds. The number of hydrogen-bond donors (Lipinski definition) is 1. The van der Waals surface area contributed by atoms with Gasteiger partial charge in [-0.25, -0.2) is 9.97 Å². The van der Waals surface area contributed by atoms with Crippen LogP contribution in [0.1, 0.15) is 32.1 Å². The first kappa shape index (κ1) is 16.4. The molecule has 1 aliphatic rings. The predicted molar refractivity (Wildman–Crippen MR) is 102 cm³/mol. The third kappa shape index (κ3) is 3.35. The number of nitro benzene ring substituents is 1. The van der Waals surface area contributed by atoms with E-state index < -0.39 is 4.92 Å². The molecule has 4 rings (SSSR count). The minimum Gasteiger partial charge on any atom is -0.367 e. The fraction of sp³-hybridized carbons (Fsp3) is 0.300. The van der Waals surface area contributed by atoms with Crippen molar-refractivity contribution in [1.82, 2.24) is 9.97 Å². The molecule has 26 heavy (non-hydrogen) atoms. The van der Waals surface area contributed by atoms with Crippen LogP contribution in [0.25, 0.3) is 22.3 Å². The zero-order chi connectivity index (χ0) is 17.9. The van der Waals surface area contributed by atoms with Crippen LogP contribution in [0.4, 0.5) is 11.5 Å². The molecule has 0 radical (unpaired) electrons. The molecule has 6 nitrogen and oxygen atoms in total. The van der Waals surface area contributed by atoms with E-state index in [1.165, 1.54) is 31.4 Å². The molecule has 1 saturated carbocycles. The van der Waals surface area contributed by atoms with Crippen molar-refractivity contribution in [2.24, 2.45) is 0 Å². The number of hydrogen-bond acceptors (Lipinski definition) is 5. The van der Waals surface area contributed by atoms with Gasteiger partial charge in [-0.2, -0.15) is 0 Å². The predicted octanol–water partition coefficient (Wildman–Crippen LogP) is 4.95. The number of aromatic nitrogens is 2. The first-order chi connectivity index (χ1) is 12.7. The molecule has 3 aromatic rings. The van der Waals surface area contributed by atoms with Gasteiger partial charge in [-0.1, -0.05) is 43.5 Å². The lowest BCUT2D eigenvalue weighted by atomic mass is 9.95. The highest BCUT2D eigenvalue weighted by molar-refractivity contribution is 5.90. The number of nitrogens with one attached hydrogen (secondary N) is 1. The van der Waals surface area contributed by atoms with Crippen LogP contribution in [0, 0.1) is 10.1 Å². The summed E-state index contributed by atoms with van der Waals surface area (Å²) in [4.78, 5) is 20.0. The number of fused-ring (bicyclic) bond motifs is 1. The fourth-order valence-corrected chi connectivity index (χ4v) is 3.51. The number of benzene rings is 2. The molecule has 0 saturated heterocycles. The highest BCUT2D eigenvalue weighted by atomic mass is 16.6. The number of non-ortho nitro benzene ring substituents is 1. The van der Waals surface area contributed by atoms with Crippen LogP contribution in [0.3, 0.4) is 0 Å². The van der Waals surface area contributed by atoms with Crippen molar-refractivity contribution >= 4 is 22.4 Å². The van der Waals surface area contributed by atoms with E-state index in [0.717, 1.165) is 29.6 Å². The Bertz CT molecular complexity index is 951. The second-order valence-corrected chi connectivity index (χ2v) is 6.70. The molecule has 1 fully saturated rings. The van der Waals surface area contributed by atoms with Crippen molar-refractivity contribution in [1.29, 1.82) is 0 Å². The SMILES string of the molecule is O=[N+]([O-])c1cccc(-c2nc(NC3CCCCC3)c3ccccc3n2)c1. The summed E-state index contributed by atoms with van der Waals surface area (Å²) in [6, 6.07) is 14.8. The van der Waals surface area contributed by atoms with E-state index in [-0.39, 0.29) is 5.69 Å². The lowest BCUT2D eigenvalue weighted by Gasteiger charge is -2.24. The van der Waals surface area contributed by atoms with Gasteiger partial charge in [0.05, 0.1) is 10.4 Å². The largest absolute Gasteiger partial charge is 0.367 e. The van der Waals surface area contributed by atoms with Crippen molar-refractivity contribution in [2.45, 2.75) is 38.1 Å². The monoisotopic (exact) mass is 348 g/mol. The average molecular weight is 348 g/mol. The Balaban J connectivity index is 1.78. The van der Waals surface area contributed by atoms with Crippen LogP contribution in [0.5, 0.6) is 0 Å². The van der Waals surface area contributed by atoms with Crippen molar-refractivity contribution < 1.29 is 4.92 Å². The summed E-state index contributed by atoms with van der Waals surface area (Å²) < 4.78 is 0. The fourth-order valence-electron chi connectivity index (χ4n) is 3.51. The summed E-state index contributed by atoms with van der Waals surface area (Å²) in [7, 11) is 0. The van der Waals surface area contributed by atoms with Crippen molar-refractivity contribution in [2.75, 3.05) is 5.32 Å². The van der Waals surface area contributed by atoms with Gasteiger partial charge in [0.2, 0.25) is 0 Å². The van der Waals surface area contributed by atoms with Gasteiger partial charge in [-0.05, 0) is 25.0 Å². The topological polar surface area (TPSA) is 81.0 Å². The Labute approximate surface area is 151 Å². The number of nitrogens with zero attached hydrogens (tertiary/aromatic N) is 3. The van der Waals surface area contributed by atoms with Crippen molar-refractivity contribution in [3.8, 4) is 11.4 Å². The third-order valence-corrected chi connectivity index (χ3v) is 4.86. The van der Waals surface area contributed by atoms with E-state index in [0.29, 0.717) is 17.4 Å². The summed E-state index contributed by atoms with van der Waals surface area (Å²) in [5.41, 5.74) is 1.53. The van der Waals surface area contributed by atoms with Crippen LogP contribution >= 0.6 is 0 Å². The van der Waals surface area contributed by atoms with Crippen LogP contribution < -0.4 is 5.32 Å². The molecule has 132 valence electrons. The lowest BCUT2D eigenvalue weighted by molar-refractivity contribution is -0.384. The highest BCUT2D eigenvalue weighted by Crippen LogP contribution is 2.29.